The fraction of sp³-hybridized carbons (Fsp3) is 0. The van der Waals surface area contributed by atoms with Gasteiger partial charge in [0.2, 0.25) is 0 Å². The van der Waals surface area contributed by atoms with E-state index in [2.05, 4.69) is 4.29 Å². The van der Waals surface area contributed by atoms with Crippen molar-refractivity contribution in [1.29, 1.82) is 0 Å². The van der Waals surface area contributed by atoms with E-state index in [1.807, 2.05) is 0 Å². The van der Waals surface area contributed by atoms with Crippen LogP contribution in [0.4, 0.5) is 0 Å². The molecule has 0 heterocycles. The van der Waals surface area contributed by atoms with Gasteiger partial charge in [-0.2, -0.15) is 0 Å². The average Bonchev–Trinajstić information content (AvgIpc) is 2.19. The lowest BCUT2D eigenvalue weighted by Gasteiger charge is -1.96. The molecule has 0 N–H and O–H groups in total. The molecule has 0 atom stereocenters. The topological polar surface area (TPSA) is 26.3 Å². The van der Waals surface area contributed by atoms with Crippen molar-refractivity contribution in [2.24, 2.45) is 0 Å². The first-order chi connectivity index (χ1) is 6.63. The highest BCUT2D eigenvalue weighted by Crippen LogP contribution is 2.23. The summed E-state index contributed by atoms with van der Waals surface area (Å²) in [6, 6.07) is 4.98. The molecular formula is C9H5Cl3O2. The van der Waals surface area contributed by atoms with Gasteiger partial charge in [-0.3, -0.25) is 0 Å². The largest absolute Gasteiger partial charge is 0.349 e. The second kappa shape index (κ2) is 5.25. The van der Waals surface area contributed by atoms with Gasteiger partial charge < -0.3 is 4.29 Å². The Balaban J connectivity index is 2.83. The van der Waals surface area contributed by atoms with Crippen LogP contribution in [0.25, 0.3) is 6.08 Å². The van der Waals surface area contributed by atoms with Gasteiger partial charge in [0, 0.05) is 6.08 Å². The Hall–Kier alpha value is -0.700. The summed E-state index contributed by atoms with van der Waals surface area (Å²) in [7, 11) is 0. The Bertz CT molecular complexity index is 374. The Morgan fingerprint density at radius 3 is 2.57 bits per heavy atom. The Labute approximate surface area is 96.2 Å². The Kier molecular flexibility index (Phi) is 4.26. The molecule has 0 aromatic heterocycles. The van der Waals surface area contributed by atoms with Crippen molar-refractivity contribution in [3.05, 3.63) is 39.9 Å². The molecule has 74 valence electrons. The predicted octanol–water partition coefficient (Wildman–Crippen LogP) is 3.70. The van der Waals surface area contributed by atoms with Crippen LogP contribution in [0.2, 0.25) is 10.0 Å². The number of halogens is 3. The summed E-state index contributed by atoms with van der Waals surface area (Å²) in [6.07, 6.45) is 2.71. The summed E-state index contributed by atoms with van der Waals surface area (Å²) >= 11 is 16.3. The molecule has 0 radical (unpaired) electrons. The van der Waals surface area contributed by atoms with Gasteiger partial charge in [0.05, 0.1) is 10.0 Å². The standard InChI is InChI=1S/C9H5Cl3O2/c10-7-3-1-6(5-8(7)11)2-4-9(13)14-12/h1-5H/b4-2+. The fourth-order valence-electron chi connectivity index (χ4n) is 0.806. The second-order valence-corrected chi connectivity index (χ2v) is 3.37. The maximum atomic E-state index is 10.6. The number of hydrogen-bond donors (Lipinski definition) is 0. The van der Waals surface area contributed by atoms with Crippen molar-refractivity contribution in [1.82, 2.24) is 0 Å². The average molecular weight is 251 g/mol. The van der Waals surface area contributed by atoms with Gasteiger partial charge in [0.1, 0.15) is 11.9 Å². The Morgan fingerprint density at radius 2 is 2.00 bits per heavy atom. The third kappa shape index (κ3) is 3.22. The summed E-state index contributed by atoms with van der Waals surface area (Å²) in [5.74, 6) is -0.641. The second-order valence-electron chi connectivity index (χ2n) is 2.40. The van der Waals surface area contributed by atoms with E-state index in [0.717, 1.165) is 5.56 Å². The zero-order valence-electron chi connectivity index (χ0n) is 6.84. The minimum Gasteiger partial charge on any atom is -0.344 e. The van der Waals surface area contributed by atoms with Crippen LogP contribution in [-0.4, -0.2) is 5.97 Å². The number of hydrogen-bond acceptors (Lipinski definition) is 2. The number of carbonyl (C=O) groups excluding carboxylic acids is 1. The van der Waals surface area contributed by atoms with Gasteiger partial charge in [0.15, 0.2) is 0 Å². The van der Waals surface area contributed by atoms with E-state index >= 15 is 0 Å². The van der Waals surface area contributed by atoms with E-state index in [9.17, 15) is 4.79 Å². The van der Waals surface area contributed by atoms with Gasteiger partial charge in [-0.05, 0) is 23.8 Å². The van der Waals surface area contributed by atoms with Crippen LogP contribution in [0.1, 0.15) is 5.56 Å². The fourth-order valence-corrected chi connectivity index (χ4v) is 1.16. The molecular weight excluding hydrogens is 246 g/mol. The number of benzene rings is 1. The van der Waals surface area contributed by atoms with Crippen LogP contribution in [0.5, 0.6) is 0 Å². The Morgan fingerprint density at radius 1 is 1.29 bits per heavy atom. The summed E-state index contributed by atoms with van der Waals surface area (Å²) < 4.78 is 3.91. The van der Waals surface area contributed by atoms with E-state index in [1.165, 1.54) is 12.2 Å². The van der Waals surface area contributed by atoms with Gasteiger partial charge >= 0.3 is 5.97 Å². The van der Waals surface area contributed by atoms with Crippen LogP contribution in [0.15, 0.2) is 24.3 Å². The van der Waals surface area contributed by atoms with Crippen LogP contribution in [0, 0.1) is 0 Å². The molecule has 0 saturated heterocycles. The van der Waals surface area contributed by atoms with Gasteiger partial charge in [-0.25, -0.2) is 4.79 Å². The minimum atomic E-state index is -0.641. The lowest BCUT2D eigenvalue weighted by Crippen LogP contribution is -1.88. The maximum Gasteiger partial charge on any atom is 0.349 e. The summed E-state index contributed by atoms with van der Waals surface area (Å²) in [4.78, 5) is 10.6. The van der Waals surface area contributed by atoms with E-state index in [1.54, 1.807) is 18.2 Å². The molecule has 0 spiro atoms. The van der Waals surface area contributed by atoms with Gasteiger partial charge in [-0.15, -0.1) is 0 Å². The van der Waals surface area contributed by atoms with E-state index < -0.39 is 5.97 Å². The zero-order valence-corrected chi connectivity index (χ0v) is 9.10. The third-order valence-electron chi connectivity index (χ3n) is 1.43. The minimum absolute atomic E-state index is 0.424. The molecule has 0 aliphatic rings. The zero-order chi connectivity index (χ0) is 10.6. The predicted molar refractivity (Wildman–Crippen MR) is 57.4 cm³/mol. The van der Waals surface area contributed by atoms with Crippen LogP contribution >= 0.6 is 35.1 Å². The molecule has 5 heteroatoms. The van der Waals surface area contributed by atoms with Crippen molar-refractivity contribution in [3.8, 4) is 0 Å². The smallest absolute Gasteiger partial charge is 0.344 e. The normalized spacial score (nSPS) is 10.5. The monoisotopic (exact) mass is 250 g/mol. The molecule has 0 bridgehead atoms. The van der Waals surface area contributed by atoms with Gasteiger partial charge in [-0.1, -0.05) is 29.3 Å². The molecule has 0 unspecified atom stereocenters. The summed E-state index contributed by atoms with van der Waals surface area (Å²) in [5.41, 5.74) is 0.737. The van der Waals surface area contributed by atoms with Crippen molar-refractivity contribution >= 4 is 47.1 Å². The van der Waals surface area contributed by atoms with Gasteiger partial charge in [0.25, 0.3) is 0 Å². The first-order valence-electron chi connectivity index (χ1n) is 3.59. The molecule has 1 rings (SSSR count). The molecule has 14 heavy (non-hydrogen) atoms. The molecule has 0 aliphatic heterocycles. The molecule has 1 aromatic carbocycles. The highest BCUT2D eigenvalue weighted by Gasteiger charge is 1.98. The van der Waals surface area contributed by atoms with Crippen LogP contribution < -0.4 is 0 Å². The van der Waals surface area contributed by atoms with E-state index in [-0.39, 0.29) is 0 Å². The van der Waals surface area contributed by atoms with Crippen molar-refractivity contribution < 1.29 is 9.08 Å². The SMILES string of the molecule is O=C(/C=C/c1ccc(Cl)c(Cl)c1)OCl. The van der Waals surface area contributed by atoms with E-state index in [0.29, 0.717) is 10.0 Å². The lowest BCUT2D eigenvalue weighted by molar-refractivity contribution is -0.128. The van der Waals surface area contributed by atoms with Crippen LogP contribution in [0.3, 0.4) is 0 Å². The number of carbonyl (C=O) groups is 1. The first kappa shape index (κ1) is 11.4. The highest BCUT2D eigenvalue weighted by molar-refractivity contribution is 6.42. The molecule has 0 saturated carbocycles. The molecule has 0 aliphatic carbocycles. The summed E-state index contributed by atoms with van der Waals surface area (Å²) in [6.45, 7) is 0. The lowest BCUT2D eigenvalue weighted by atomic mass is 10.2. The van der Waals surface area contributed by atoms with E-state index in [4.69, 9.17) is 35.1 Å². The third-order valence-corrected chi connectivity index (χ3v) is 2.32. The van der Waals surface area contributed by atoms with Crippen LogP contribution in [-0.2, 0) is 9.08 Å². The maximum absolute atomic E-state index is 10.6. The highest BCUT2D eigenvalue weighted by atomic mass is 35.5. The quantitative estimate of drug-likeness (QED) is 0.749. The molecule has 0 amide bonds. The van der Waals surface area contributed by atoms with Crippen molar-refractivity contribution in [2.45, 2.75) is 0 Å². The van der Waals surface area contributed by atoms with Crippen molar-refractivity contribution in [3.63, 3.8) is 0 Å². The molecule has 2 nitrogen and oxygen atoms in total. The molecule has 1 aromatic rings. The number of rotatable bonds is 2. The first-order valence-corrected chi connectivity index (χ1v) is 4.65. The summed E-state index contributed by atoms with van der Waals surface area (Å²) in [5, 5.41) is 0.886. The van der Waals surface area contributed by atoms with Crippen molar-refractivity contribution in [2.75, 3.05) is 0 Å². The molecule has 0 fully saturated rings.